The third-order valence-electron chi connectivity index (χ3n) is 3.54. The van der Waals surface area contributed by atoms with E-state index >= 15 is 0 Å². The van der Waals surface area contributed by atoms with Gasteiger partial charge in [0.1, 0.15) is 5.01 Å². The number of ether oxygens (including phenoxy) is 1. The number of hydrogen-bond acceptors (Lipinski definition) is 5. The van der Waals surface area contributed by atoms with Crippen molar-refractivity contribution in [2.24, 2.45) is 0 Å². The van der Waals surface area contributed by atoms with Gasteiger partial charge in [-0.1, -0.05) is 12.1 Å². The maximum atomic E-state index is 12.2. The molecule has 1 N–H and O–H groups in total. The van der Waals surface area contributed by atoms with Crippen LogP contribution in [-0.2, 0) is 16.1 Å². The van der Waals surface area contributed by atoms with Crippen molar-refractivity contribution in [2.45, 2.75) is 19.1 Å². The Morgan fingerprint density at radius 3 is 3.14 bits per heavy atom. The maximum Gasteiger partial charge on any atom is 0.225 e. The molecule has 1 saturated heterocycles. The van der Waals surface area contributed by atoms with Crippen molar-refractivity contribution in [3.63, 3.8) is 0 Å². The zero-order chi connectivity index (χ0) is 14.7. The van der Waals surface area contributed by atoms with Crippen LogP contribution in [0.1, 0.15) is 11.4 Å². The van der Waals surface area contributed by atoms with Crippen LogP contribution in [0.15, 0.2) is 24.3 Å². The Morgan fingerprint density at radius 1 is 1.52 bits per heavy atom. The van der Waals surface area contributed by atoms with Gasteiger partial charge in [0.2, 0.25) is 5.91 Å². The monoisotopic (exact) mass is 305 g/mol. The summed E-state index contributed by atoms with van der Waals surface area (Å²) in [5, 5.41) is 4.21. The average Bonchev–Trinajstić information content (AvgIpc) is 2.90. The van der Waals surface area contributed by atoms with Crippen molar-refractivity contribution in [1.29, 1.82) is 0 Å². The maximum absolute atomic E-state index is 12.2. The van der Waals surface area contributed by atoms with Crippen molar-refractivity contribution in [3.8, 4) is 0 Å². The molecule has 2 heterocycles. The zero-order valence-electron chi connectivity index (χ0n) is 12.0. The highest BCUT2D eigenvalue weighted by Gasteiger charge is 2.20. The normalized spacial score (nSPS) is 18.8. The molecule has 0 bridgehead atoms. The number of amides is 1. The van der Waals surface area contributed by atoms with Crippen molar-refractivity contribution in [1.82, 2.24) is 15.2 Å². The van der Waals surface area contributed by atoms with Crippen LogP contribution in [0, 0.1) is 0 Å². The number of nitrogens with one attached hydrogen (secondary N) is 1. The Hall–Kier alpha value is -1.50. The summed E-state index contributed by atoms with van der Waals surface area (Å²) < 4.78 is 6.73. The summed E-state index contributed by atoms with van der Waals surface area (Å²) in [6, 6.07) is 8.04. The molecule has 0 unspecified atom stereocenters. The Kier molecular flexibility index (Phi) is 4.48. The number of rotatable bonds is 4. The fourth-order valence-corrected chi connectivity index (χ4v) is 3.40. The summed E-state index contributed by atoms with van der Waals surface area (Å²) >= 11 is 1.64. The molecule has 0 radical (unpaired) electrons. The molecule has 112 valence electrons. The molecule has 1 aliphatic rings. The fraction of sp³-hybridized carbons (Fsp3) is 0.467. The van der Waals surface area contributed by atoms with E-state index in [1.165, 1.54) is 0 Å². The zero-order valence-corrected chi connectivity index (χ0v) is 12.9. The van der Waals surface area contributed by atoms with Crippen LogP contribution in [0.5, 0.6) is 0 Å². The molecule has 0 saturated carbocycles. The lowest BCUT2D eigenvalue weighted by atomic mass is 10.2. The van der Waals surface area contributed by atoms with Gasteiger partial charge in [-0.2, -0.15) is 0 Å². The number of benzene rings is 1. The molecule has 1 aliphatic heterocycles. The van der Waals surface area contributed by atoms with Gasteiger partial charge in [0, 0.05) is 20.1 Å². The minimum absolute atomic E-state index is 0.0101. The third kappa shape index (κ3) is 3.58. The number of hydrogen-bond donors (Lipinski definition) is 1. The van der Waals surface area contributed by atoms with Gasteiger partial charge >= 0.3 is 0 Å². The molecular formula is C15H19N3O2S. The lowest BCUT2D eigenvalue weighted by Crippen LogP contribution is -2.41. The van der Waals surface area contributed by atoms with Gasteiger partial charge in [-0.05, 0) is 12.1 Å². The highest BCUT2D eigenvalue weighted by Crippen LogP contribution is 2.22. The standard InChI is InChI=1S/C15H19N3O2S/c1-18(15(19)8-11-9-16-6-7-20-11)10-14-17-12-4-2-3-5-13(12)21-14/h2-5,11,16H,6-10H2,1H3/t11-/m0/s1. The molecule has 6 heteroatoms. The van der Waals surface area contributed by atoms with Gasteiger partial charge in [-0.15, -0.1) is 11.3 Å². The summed E-state index contributed by atoms with van der Waals surface area (Å²) in [6.07, 6.45) is 0.415. The Balaban J connectivity index is 1.59. The van der Waals surface area contributed by atoms with Crippen LogP contribution in [0.3, 0.4) is 0 Å². The van der Waals surface area contributed by atoms with E-state index in [2.05, 4.69) is 16.4 Å². The first kappa shape index (κ1) is 14.4. The first-order valence-corrected chi connectivity index (χ1v) is 7.95. The third-order valence-corrected chi connectivity index (χ3v) is 4.56. The topological polar surface area (TPSA) is 54.5 Å². The molecule has 1 fully saturated rings. The number of thiazole rings is 1. The summed E-state index contributed by atoms with van der Waals surface area (Å²) in [6.45, 7) is 2.85. The first-order valence-electron chi connectivity index (χ1n) is 7.13. The molecule has 5 nitrogen and oxygen atoms in total. The van der Waals surface area contributed by atoms with Crippen molar-refractivity contribution in [3.05, 3.63) is 29.3 Å². The highest BCUT2D eigenvalue weighted by molar-refractivity contribution is 7.18. The number of morpholine rings is 1. The summed E-state index contributed by atoms with van der Waals surface area (Å²) in [5.41, 5.74) is 0.998. The summed E-state index contributed by atoms with van der Waals surface area (Å²) in [7, 11) is 1.82. The molecule has 1 atom stereocenters. The smallest absolute Gasteiger partial charge is 0.225 e. The largest absolute Gasteiger partial charge is 0.375 e. The number of carbonyl (C=O) groups is 1. The lowest BCUT2D eigenvalue weighted by Gasteiger charge is -2.25. The van der Waals surface area contributed by atoms with E-state index in [9.17, 15) is 4.79 Å². The fourth-order valence-electron chi connectivity index (χ4n) is 2.38. The molecular weight excluding hydrogens is 286 g/mol. The first-order chi connectivity index (χ1) is 10.2. The predicted molar refractivity (Wildman–Crippen MR) is 83.3 cm³/mol. The van der Waals surface area contributed by atoms with E-state index in [1.807, 2.05) is 25.2 Å². The van der Waals surface area contributed by atoms with E-state index in [1.54, 1.807) is 16.2 Å². The average molecular weight is 305 g/mol. The van der Waals surface area contributed by atoms with Crippen LogP contribution < -0.4 is 5.32 Å². The van der Waals surface area contributed by atoms with Gasteiger partial charge in [-0.3, -0.25) is 4.79 Å². The van der Waals surface area contributed by atoms with Crippen LogP contribution in [-0.4, -0.2) is 48.6 Å². The number of nitrogens with zero attached hydrogens (tertiary/aromatic N) is 2. The molecule has 1 aromatic heterocycles. The molecule has 1 aromatic carbocycles. The Labute approximate surface area is 127 Å². The van der Waals surface area contributed by atoms with E-state index < -0.39 is 0 Å². The second-order valence-corrected chi connectivity index (χ2v) is 6.34. The molecule has 0 spiro atoms. The molecule has 2 aromatic rings. The Morgan fingerprint density at radius 2 is 2.38 bits per heavy atom. The predicted octanol–water partition coefficient (Wildman–Crippen LogP) is 1.63. The Bertz CT molecular complexity index is 589. The van der Waals surface area contributed by atoms with E-state index in [0.717, 1.165) is 28.3 Å². The van der Waals surface area contributed by atoms with Crippen molar-refractivity contribution < 1.29 is 9.53 Å². The van der Waals surface area contributed by atoms with Crippen LogP contribution >= 0.6 is 11.3 Å². The van der Waals surface area contributed by atoms with Crippen LogP contribution in [0.2, 0.25) is 0 Å². The summed E-state index contributed by atoms with van der Waals surface area (Å²) in [5.74, 6) is 0.1000. The number of fused-ring (bicyclic) bond motifs is 1. The molecule has 21 heavy (non-hydrogen) atoms. The molecule has 1 amide bonds. The van der Waals surface area contributed by atoms with Gasteiger partial charge in [0.15, 0.2) is 0 Å². The highest BCUT2D eigenvalue weighted by atomic mass is 32.1. The molecule has 3 rings (SSSR count). The number of para-hydroxylation sites is 1. The second-order valence-electron chi connectivity index (χ2n) is 5.23. The van der Waals surface area contributed by atoms with E-state index in [4.69, 9.17) is 4.74 Å². The lowest BCUT2D eigenvalue weighted by molar-refractivity contribution is -0.133. The number of aromatic nitrogens is 1. The summed E-state index contributed by atoms with van der Waals surface area (Å²) in [4.78, 5) is 18.5. The van der Waals surface area contributed by atoms with Crippen LogP contribution in [0.25, 0.3) is 10.2 Å². The van der Waals surface area contributed by atoms with Gasteiger partial charge < -0.3 is 15.0 Å². The van der Waals surface area contributed by atoms with E-state index in [-0.39, 0.29) is 12.0 Å². The van der Waals surface area contributed by atoms with Crippen LogP contribution in [0.4, 0.5) is 0 Å². The van der Waals surface area contributed by atoms with E-state index in [0.29, 0.717) is 19.6 Å². The van der Waals surface area contributed by atoms with Gasteiger partial charge in [0.05, 0.1) is 35.9 Å². The van der Waals surface area contributed by atoms with Gasteiger partial charge in [0.25, 0.3) is 0 Å². The quantitative estimate of drug-likeness (QED) is 0.933. The minimum Gasteiger partial charge on any atom is -0.375 e. The van der Waals surface area contributed by atoms with Crippen molar-refractivity contribution >= 4 is 27.5 Å². The minimum atomic E-state index is -0.0101. The second kappa shape index (κ2) is 6.51. The van der Waals surface area contributed by atoms with Crippen molar-refractivity contribution in [2.75, 3.05) is 26.7 Å². The SMILES string of the molecule is CN(Cc1nc2ccccc2s1)C(=O)C[C@H]1CNCCO1. The number of carbonyl (C=O) groups excluding carboxylic acids is 1. The van der Waals surface area contributed by atoms with Gasteiger partial charge in [-0.25, -0.2) is 4.98 Å². The molecule has 0 aliphatic carbocycles.